The largest absolute Gasteiger partial charge is 0.494 e. The summed E-state index contributed by atoms with van der Waals surface area (Å²) in [6.07, 6.45) is 3.22. The lowest BCUT2D eigenvalue weighted by atomic mass is 9.79. The van der Waals surface area contributed by atoms with Gasteiger partial charge in [-0.1, -0.05) is 64.4 Å². The molecule has 3 amide bonds. The zero-order valence-electron chi connectivity index (χ0n) is 22.3. The van der Waals surface area contributed by atoms with E-state index < -0.39 is 29.7 Å². The van der Waals surface area contributed by atoms with Gasteiger partial charge >= 0.3 is 6.03 Å². The summed E-state index contributed by atoms with van der Waals surface area (Å²) in [6.45, 7) is 9.38. The fraction of sp³-hybridized carbons (Fsp3) is 0.536. The van der Waals surface area contributed by atoms with Gasteiger partial charge in [0.2, 0.25) is 11.8 Å². The number of amides is 3. The number of aromatic nitrogens is 1. The molecular weight excluding hydrogens is 472 g/mol. The van der Waals surface area contributed by atoms with E-state index in [-0.39, 0.29) is 41.4 Å². The normalized spacial score (nSPS) is 21.2. The highest BCUT2D eigenvalue weighted by atomic mass is 16.3. The third-order valence-electron chi connectivity index (χ3n) is 7.46. The molecule has 1 aliphatic rings. The van der Waals surface area contributed by atoms with Crippen molar-refractivity contribution in [2.24, 2.45) is 17.8 Å². The molecule has 0 saturated heterocycles. The van der Waals surface area contributed by atoms with Crippen LogP contribution < -0.4 is 16.0 Å². The smallest absolute Gasteiger partial charge is 0.315 e. The minimum atomic E-state index is -0.929. The molecule has 1 heterocycles. The lowest BCUT2D eigenvalue weighted by molar-refractivity contribution is -0.122. The Morgan fingerprint density at radius 1 is 1.00 bits per heavy atom. The van der Waals surface area contributed by atoms with Crippen LogP contribution >= 0.6 is 0 Å². The highest BCUT2D eigenvalue weighted by molar-refractivity contribution is 6.05. The van der Waals surface area contributed by atoms with Crippen LogP contribution in [0.15, 0.2) is 30.3 Å². The van der Waals surface area contributed by atoms with E-state index in [1.54, 1.807) is 13.8 Å². The van der Waals surface area contributed by atoms with E-state index in [4.69, 9.17) is 0 Å². The van der Waals surface area contributed by atoms with E-state index in [0.29, 0.717) is 11.8 Å². The van der Waals surface area contributed by atoms with E-state index in [9.17, 15) is 24.6 Å². The van der Waals surface area contributed by atoms with Crippen molar-refractivity contribution in [2.45, 2.75) is 78.4 Å². The molecule has 4 atom stereocenters. The maximum absolute atomic E-state index is 13.2. The number of aromatic amines is 1. The van der Waals surface area contributed by atoms with Crippen LogP contribution in [0.5, 0.6) is 11.8 Å². The van der Waals surface area contributed by atoms with Gasteiger partial charge in [0.25, 0.3) is 0 Å². The van der Waals surface area contributed by atoms with Gasteiger partial charge in [0.15, 0.2) is 11.7 Å². The predicted molar refractivity (Wildman–Crippen MR) is 141 cm³/mol. The molecule has 6 N–H and O–H groups in total. The molecule has 1 saturated carbocycles. The number of hydrogen-bond acceptors (Lipinski definition) is 5. The van der Waals surface area contributed by atoms with Crippen LogP contribution in [0.1, 0.15) is 80.9 Å². The van der Waals surface area contributed by atoms with E-state index in [1.807, 2.05) is 30.3 Å². The second-order valence-corrected chi connectivity index (χ2v) is 10.7. The molecule has 2 aromatic rings. The highest BCUT2D eigenvalue weighted by Crippen LogP contribution is 2.31. The minimum Gasteiger partial charge on any atom is -0.494 e. The van der Waals surface area contributed by atoms with Crippen molar-refractivity contribution < 1.29 is 24.6 Å². The Morgan fingerprint density at radius 3 is 2.16 bits per heavy atom. The maximum atomic E-state index is 13.2. The first-order valence-corrected chi connectivity index (χ1v) is 13.1. The van der Waals surface area contributed by atoms with Crippen LogP contribution in [0.25, 0.3) is 0 Å². The van der Waals surface area contributed by atoms with Crippen LogP contribution in [0.4, 0.5) is 4.79 Å². The zero-order valence-corrected chi connectivity index (χ0v) is 22.3. The van der Waals surface area contributed by atoms with Gasteiger partial charge in [-0.2, -0.15) is 0 Å². The second-order valence-electron chi connectivity index (χ2n) is 10.7. The van der Waals surface area contributed by atoms with Gasteiger partial charge in [-0.3, -0.25) is 14.6 Å². The number of rotatable bonds is 9. The Morgan fingerprint density at radius 2 is 1.62 bits per heavy atom. The molecule has 1 aromatic carbocycles. The molecular formula is C28H40N4O5. The van der Waals surface area contributed by atoms with Crippen LogP contribution in [-0.4, -0.2) is 45.0 Å². The number of ketones is 1. The number of urea groups is 1. The Labute approximate surface area is 218 Å². The SMILES string of the molecule is Cc1c(O)[nH]c(O)c1C(=O)[C@@H](NC(=O)CC(NC(=O)NC1C(C)CCCC1C)c1ccccc1)C(C)C. The van der Waals surface area contributed by atoms with Crippen molar-refractivity contribution in [1.82, 2.24) is 20.9 Å². The number of Topliss-reactive ketones (excluding diaryl/α,β-unsaturated/α-hetero) is 1. The first-order valence-electron chi connectivity index (χ1n) is 13.1. The van der Waals surface area contributed by atoms with Gasteiger partial charge in [-0.05, 0) is 43.1 Å². The average molecular weight is 513 g/mol. The Balaban J connectivity index is 1.74. The molecule has 0 radical (unpaired) electrons. The van der Waals surface area contributed by atoms with E-state index >= 15 is 0 Å². The Kier molecular flexibility index (Phi) is 9.23. The summed E-state index contributed by atoms with van der Waals surface area (Å²) in [5, 5.41) is 28.8. The quantitative estimate of drug-likeness (QED) is 0.277. The van der Waals surface area contributed by atoms with Gasteiger partial charge in [-0.15, -0.1) is 0 Å². The van der Waals surface area contributed by atoms with Crippen LogP contribution in [0.2, 0.25) is 0 Å². The van der Waals surface area contributed by atoms with Crippen LogP contribution in [0, 0.1) is 24.7 Å². The van der Waals surface area contributed by atoms with E-state index in [0.717, 1.165) is 24.8 Å². The van der Waals surface area contributed by atoms with Gasteiger partial charge in [0, 0.05) is 11.6 Å². The summed E-state index contributed by atoms with van der Waals surface area (Å²) in [4.78, 5) is 41.7. The maximum Gasteiger partial charge on any atom is 0.315 e. The topological polar surface area (TPSA) is 144 Å². The number of hydrogen-bond donors (Lipinski definition) is 6. The minimum absolute atomic E-state index is 0.0515. The molecule has 37 heavy (non-hydrogen) atoms. The van der Waals surface area contributed by atoms with Crippen molar-refractivity contribution in [3.63, 3.8) is 0 Å². The molecule has 3 unspecified atom stereocenters. The van der Waals surface area contributed by atoms with Crippen LogP contribution in [0.3, 0.4) is 0 Å². The standard InChI is InChI=1S/C28H40N4O5/c1-15(2)23(25(34)22-18(5)26(35)32-27(22)36)30-21(33)14-20(19-12-7-6-8-13-19)29-28(37)31-24-16(3)10-9-11-17(24)4/h6-8,12-13,15-17,20,23-24,32,35-36H,9-11,14H2,1-5H3,(H,30,33)(H2,29,31,37)/t16?,17?,20?,23-,24?/m0/s1. The van der Waals surface area contributed by atoms with Crippen molar-refractivity contribution in [3.8, 4) is 11.8 Å². The Hall–Kier alpha value is -3.49. The summed E-state index contributed by atoms with van der Waals surface area (Å²) in [7, 11) is 0. The number of H-pyrrole nitrogens is 1. The molecule has 1 aliphatic carbocycles. The number of carbonyl (C=O) groups is 3. The second kappa shape index (κ2) is 12.2. The van der Waals surface area contributed by atoms with Crippen molar-refractivity contribution in [3.05, 3.63) is 47.0 Å². The van der Waals surface area contributed by atoms with E-state index in [1.165, 1.54) is 6.92 Å². The van der Waals surface area contributed by atoms with Crippen molar-refractivity contribution >= 4 is 17.7 Å². The molecule has 202 valence electrons. The first kappa shape index (κ1) is 28.1. The Bertz CT molecular complexity index is 1090. The van der Waals surface area contributed by atoms with Crippen molar-refractivity contribution in [1.29, 1.82) is 0 Å². The van der Waals surface area contributed by atoms with Crippen molar-refractivity contribution in [2.75, 3.05) is 0 Å². The molecule has 0 aliphatic heterocycles. The summed E-state index contributed by atoms with van der Waals surface area (Å²) in [6, 6.07) is 7.44. The lowest BCUT2D eigenvalue weighted by Gasteiger charge is -2.35. The summed E-state index contributed by atoms with van der Waals surface area (Å²) in [5.41, 5.74) is 0.937. The first-order chi connectivity index (χ1) is 17.5. The van der Waals surface area contributed by atoms with Gasteiger partial charge in [-0.25, -0.2) is 4.79 Å². The predicted octanol–water partition coefficient (Wildman–Crippen LogP) is 4.31. The summed E-state index contributed by atoms with van der Waals surface area (Å²) < 4.78 is 0. The molecule has 9 nitrogen and oxygen atoms in total. The molecule has 1 aromatic heterocycles. The fourth-order valence-electron chi connectivity index (χ4n) is 5.23. The highest BCUT2D eigenvalue weighted by Gasteiger charge is 2.32. The monoisotopic (exact) mass is 512 g/mol. The average Bonchev–Trinajstić information content (AvgIpc) is 3.10. The molecule has 1 fully saturated rings. The van der Waals surface area contributed by atoms with Gasteiger partial charge in [0.1, 0.15) is 0 Å². The fourth-order valence-corrected chi connectivity index (χ4v) is 5.23. The van der Waals surface area contributed by atoms with Crippen LogP contribution in [-0.2, 0) is 4.79 Å². The summed E-state index contributed by atoms with van der Waals surface area (Å²) in [5.74, 6) is -1.19. The molecule has 0 bridgehead atoms. The lowest BCUT2D eigenvalue weighted by Crippen LogP contribution is -2.51. The van der Waals surface area contributed by atoms with Gasteiger partial charge in [0.05, 0.1) is 24.1 Å². The zero-order chi connectivity index (χ0) is 27.3. The third-order valence-corrected chi connectivity index (χ3v) is 7.46. The molecule has 9 heteroatoms. The number of aromatic hydroxyl groups is 2. The molecule has 0 spiro atoms. The van der Waals surface area contributed by atoms with Gasteiger partial charge < -0.3 is 26.2 Å². The number of nitrogens with one attached hydrogen (secondary N) is 4. The molecule has 3 rings (SSSR count). The third kappa shape index (κ3) is 6.84. The van der Waals surface area contributed by atoms with E-state index in [2.05, 4.69) is 34.8 Å². The number of carbonyl (C=O) groups excluding carboxylic acids is 3. The number of benzene rings is 1. The summed E-state index contributed by atoms with van der Waals surface area (Å²) >= 11 is 0.